The molecule has 1 aromatic carbocycles. The van der Waals surface area contributed by atoms with Crippen molar-refractivity contribution in [1.29, 1.82) is 0 Å². The first-order chi connectivity index (χ1) is 11.1. The SMILES string of the molecule is CNC(=S)N/N=C(/C(C)=N/NC(N)=S)c1ccc(C(F)(F)F)cc1. The number of thiocarbonyl (C=S) groups is 2. The summed E-state index contributed by atoms with van der Waals surface area (Å²) >= 11 is 9.56. The van der Waals surface area contributed by atoms with Crippen LogP contribution >= 0.6 is 24.4 Å². The maximum Gasteiger partial charge on any atom is 0.416 e. The smallest absolute Gasteiger partial charge is 0.375 e. The largest absolute Gasteiger partial charge is 0.416 e. The molecule has 0 saturated carbocycles. The summed E-state index contributed by atoms with van der Waals surface area (Å²) in [6, 6.07) is 4.47. The normalized spacial score (nSPS) is 12.5. The van der Waals surface area contributed by atoms with Crippen LogP contribution in [0.25, 0.3) is 0 Å². The molecule has 0 aliphatic carbocycles. The second-order valence-electron chi connectivity index (χ2n) is 4.40. The van der Waals surface area contributed by atoms with E-state index in [0.717, 1.165) is 12.1 Å². The van der Waals surface area contributed by atoms with E-state index in [4.69, 9.17) is 18.0 Å². The zero-order valence-corrected chi connectivity index (χ0v) is 14.4. The van der Waals surface area contributed by atoms with E-state index < -0.39 is 11.7 Å². The molecular formula is C13H15F3N6S2. The summed E-state index contributed by atoms with van der Waals surface area (Å²) in [6.07, 6.45) is -4.42. The maximum atomic E-state index is 12.7. The minimum atomic E-state index is -4.42. The molecule has 0 atom stereocenters. The Labute approximate surface area is 147 Å². The Hall–Kier alpha value is -2.27. The summed E-state index contributed by atoms with van der Waals surface area (Å²) in [5.74, 6) is 0. The van der Waals surface area contributed by atoms with Gasteiger partial charge in [0.2, 0.25) is 0 Å². The van der Waals surface area contributed by atoms with Crippen molar-refractivity contribution in [1.82, 2.24) is 16.2 Å². The molecule has 0 aliphatic heterocycles. The summed E-state index contributed by atoms with van der Waals surface area (Å²) in [5, 5.41) is 10.8. The molecule has 0 bridgehead atoms. The Bertz CT molecular complexity index is 667. The van der Waals surface area contributed by atoms with Crippen molar-refractivity contribution in [2.24, 2.45) is 15.9 Å². The van der Waals surface area contributed by atoms with Gasteiger partial charge in [0.05, 0.1) is 11.3 Å². The van der Waals surface area contributed by atoms with Crippen LogP contribution in [-0.4, -0.2) is 28.7 Å². The van der Waals surface area contributed by atoms with Crippen LogP contribution in [0.4, 0.5) is 13.2 Å². The minimum Gasteiger partial charge on any atom is -0.375 e. The van der Waals surface area contributed by atoms with Gasteiger partial charge in [-0.1, -0.05) is 12.1 Å². The molecule has 1 rings (SSSR count). The van der Waals surface area contributed by atoms with Crippen molar-refractivity contribution in [2.75, 3.05) is 7.05 Å². The van der Waals surface area contributed by atoms with E-state index in [1.807, 2.05) is 0 Å². The van der Waals surface area contributed by atoms with E-state index in [9.17, 15) is 13.2 Å². The van der Waals surface area contributed by atoms with E-state index in [2.05, 4.69) is 38.6 Å². The fraction of sp³-hybridized carbons (Fsp3) is 0.231. The zero-order chi connectivity index (χ0) is 18.3. The second-order valence-corrected chi connectivity index (χ2v) is 5.25. The predicted octanol–water partition coefficient (Wildman–Crippen LogP) is 1.71. The highest BCUT2D eigenvalue weighted by atomic mass is 32.1. The summed E-state index contributed by atoms with van der Waals surface area (Å²) in [7, 11) is 1.60. The van der Waals surface area contributed by atoms with Crippen LogP contribution in [0.3, 0.4) is 0 Å². The van der Waals surface area contributed by atoms with Crippen LogP contribution in [-0.2, 0) is 6.18 Å². The number of benzene rings is 1. The number of alkyl halides is 3. The molecule has 0 heterocycles. The monoisotopic (exact) mass is 376 g/mol. The van der Waals surface area contributed by atoms with Crippen molar-refractivity contribution in [3.05, 3.63) is 35.4 Å². The van der Waals surface area contributed by atoms with Crippen LogP contribution in [0.2, 0.25) is 0 Å². The highest BCUT2D eigenvalue weighted by Gasteiger charge is 2.30. The first-order valence-corrected chi connectivity index (χ1v) is 7.30. The van der Waals surface area contributed by atoms with E-state index in [1.54, 1.807) is 14.0 Å². The van der Waals surface area contributed by atoms with E-state index in [0.29, 0.717) is 11.3 Å². The quantitative estimate of drug-likeness (QED) is 0.364. The van der Waals surface area contributed by atoms with Gasteiger partial charge in [0, 0.05) is 12.6 Å². The topological polar surface area (TPSA) is 86.8 Å². The van der Waals surface area contributed by atoms with Gasteiger partial charge in [-0.3, -0.25) is 10.9 Å². The number of hydrogen-bond donors (Lipinski definition) is 4. The molecule has 6 nitrogen and oxygen atoms in total. The van der Waals surface area contributed by atoms with Crippen molar-refractivity contribution >= 4 is 46.1 Å². The van der Waals surface area contributed by atoms with Crippen molar-refractivity contribution in [3.63, 3.8) is 0 Å². The second kappa shape index (κ2) is 8.55. The Kier molecular flexibility index (Phi) is 7.04. The van der Waals surface area contributed by atoms with E-state index in [1.165, 1.54) is 12.1 Å². The number of rotatable bonds is 4. The van der Waals surface area contributed by atoms with Gasteiger partial charge in [-0.05, 0) is 43.5 Å². The molecule has 0 fully saturated rings. The summed E-state index contributed by atoms with van der Waals surface area (Å²) in [6.45, 7) is 1.59. The average Bonchev–Trinajstić information content (AvgIpc) is 2.52. The summed E-state index contributed by atoms with van der Waals surface area (Å²) in [5.41, 5.74) is 10.5. The molecule has 11 heteroatoms. The predicted molar refractivity (Wildman–Crippen MR) is 95.8 cm³/mol. The molecule has 1 aromatic rings. The van der Waals surface area contributed by atoms with Crippen molar-refractivity contribution < 1.29 is 13.2 Å². The fourth-order valence-corrected chi connectivity index (χ4v) is 1.62. The highest BCUT2D eigenvalue weighted by molar-refractivity contribution is 7.80. The van der Waals surface area contributed by atoms with Gasteiger partial charge in [0.1, 0.15) is 5.71 Å². The van der Waals surface area contributed by atoms with Gasteiger partial charge in [-0.25, -0.2) is 0 Å². The number of hydrogen-bond acceptors (Lipinski definition) is 4. The summed E-state index contributed by atoms with van der Waals surface area (Å²) in [4.78, 5) is 0. The highest BCUT2D eigenvalue weighted by Crippen LogP contribution is 2.29. The lowest BCUT2D eigenvalue weighted by Crippen LogP contribution is -2.31. The lowest BCUT2D eigenvalue weighted by Gasteiger charge is -2.11. The number of halogens is 3. The molecule has 130 valence electrons. The first-order valence-electron chi connectivity index (χ1n) is 6.48. The van der Waals surface area contributed by atoms with E-state index in [-0.39, 0.29) is 15.9 Å². The minimum absolute atomic E-state index is 0.0557. The molecule has 0 spiro atoms. The lowest BCUT2D eigenvalue weighted by atomic mass is 10.0. The van der Waals surface area contributed by atoms with Crippen LogP contribution in [0, 0.1) is 0 Å². The number of nitrogens with one attached hydrogen (secondary N) is 3. The van der Waals surface area contributed by atoms with Gasteiger partial charge in [-0.2, -0.15) is 23.4 Å². The molecule has 0 amide bonds. The maximum absolute atomic E-state index is 12.7. The number of hydrazone groups is 2. The van der Waals surface area contributed by atoms with Crippen molar-refractivity contribution in [3.8, 4) is 0 Å². The van der Waals surface area contributed by atoms with Crippen LogP contribution in [0.5, 0.6) is 0 Å². The van der Waals surface area contributed by atoms with Gasteiger partial charge >= 0.3 is 6.18 Å². The Morgan fingerprint density at radius 1 is 1.08 bits per heavy atom. The fourth-order valence-electron chi connectivity index (χ4n) is 1.53. The molecule has 0 aromatic heterocycles. The van der Waals surface area contributed by atoms with Crippen LogP contribution in [0.1, 0.15) is 18.1 Å². The number of nitrogens with zero attached hydrogens (tertiary/aromatic N) is 2. The van der Waals surface area contributed by atoms with Gasteiger partial charge < -0.3 is 11.1 Å². The third kappa shape index (κ3) is 6.08. The first kappa shape index (κ1) is 19.8. The molecule has 24 heavy (non-hydrogen) atoms. The zero-order valence-electron chi connectivity index (χ0n) is 12.7. The Morgan fingerprint density at radius 2 is 1.67 bits per heavy atom. The van der Waals surface area contributed by atoms with Gasteiger partial charge in [0.15, 0.2) is 10.2 Å². The molecule has 5 N–H and O–H groups in total. The third-order valence-corrected chi connectivity index (χ3v) is 3.05. The molecule has 0 radical (unpaired) electrons. The standard InChI is InChI=1S/C13H15F3N6S2/c1-7(19-21-11(17)23)10(20-22-12(24)18-2)8-3-5-9(6-4-8)13(14,15)16/h3-6H,1-2H3,(H3,17,21,23)(H2,18,22,24)/b19-7+,20-10-. The van der Waals surface area contributed by atoms with Crippen LogP contribution in [0.15, 0.2) is 34.5 Å². The van der Waals surface area contributed by atoms with Crippen molar-refractivity contribution in [2.45, 2.75) is 13.1 Å². The Morgan fingerprint density at radius 3 is 2.12 bits per heavy atom. The molecule has 0 unspecified atom stereocenters. The molecule has 0 saturated heterocycles. The van der Waals surface area contributed by atoms with Crippen LogP contribution < -0.4 is 21.9 Å². The van der Waals surface area contributed by atoms with E-state index >= 15 is 0 Å². The molecule has 0 aliphatic rings. The Balaban J connectivity index is 3.19. The summed E-state index contributed by atoms with van der Waals surface area (Å²) < 4.78 is 38.0. The molecular weight excluding hydrogens is 361 g/mol. The average molecular weight is 376 g/mol. The third-order valence-electron chi connectivity index (χ3n) is 2.66. The van der Waals surface area contributed by atoms with Gasteiger partial charge in [0.25, 0.3) is 0 Å². The van der Waals surface area contributed by atoms with Gasteiger partial charge in [-0.15, -0.1) is 0 Å². The number of nitrogens with two attached hydrogens (primary N) is 1. The lowest BCUT2D eigenvalue weighted by molar-refractivity contribution is -0.137.